The van der Waals surface area contributed by atoms with Crippen molar-refractivity contribution in [2.24, 2.45) is 5.92 Å². The van der Waals surface area contributed by atoms with Gasteiger partial charge in [-0.15, -0.1) is 0 Å². The van der Waals surface area contributed by atoms with Crippen LogP contribution in [0.25, 0.3) is 0 Å². The van der Waals surface area contributed by atoms with Crippen molar-refractivity contribution in [3.05, 3.63) is 105 Å². The topological polar surface area (TPSA) is 44.1 Å². The molecule has 4 rings (SSSR count). The Hall–Kier alpha value is -3.00. The minimum absolute atomic E-state index is 0.319. The number of aryl methyl sites for hydroxylation is 3. The van der Waals surface area contributed by atoms with Crippen LogP contribution in [-0.2, 0) is 6.42 Å². The predicted molar refractivity (Wildman–Crippen MR) is 145 cm³/mol. The Morgan fingerprint density at radius 2 is 1.77 bits per heavy atom. The van der Waals surface area contributed by atoms with E-state index in [-0.39, 0.29) is 5.82 Å². The van der Waals surface area contributed by atoms with E-state index in [1.165, 1.54) is 54.9 Å². The van der Waals surface area contributed by atoms with Crippen molar-refractivity contribution >= 4 is 17.9 Å². The Morgan fingerprint density at radius 3 is 2.17 bits per heavy atom. The molecule has 3 aromatic carbocycles. The summed E-state index contributed by atoms with van der Waals surface area (Å²) in [6.07, 6.45) is 3.22. The minimum Gasteiger partial charge on any atom is -0.306 e. The maximum atomic E-state index is 12.1. The number of likely N-dealkylation sites (tertiary alicyclic amines) is 1. The van der Waals surface area contributed by atoms with Crippen molar-refractivity contribution in [3.63, 3.8) is 0 Å². The van der Waals surface area contributed by atoms with Crippen LogP contribution in [0.3, 0.4) is 0 Å². The van der Waals surface area contributed by atoms with Gasteiger partial charge in [0.15, 0.2) is 0 Å². The second-order valence-corrected chi connectivity index (χ2v) is 9.11. The van der Waals surface area contributed by atoms with Crippen LogP contribution in [0, 0.1) is 36.9 Å². The summed E-state index contributed by atoms with van der Waals surface area (Å²) in [4.78, 5) is 12.4. The third-order valence-corrected chi connectivity index (χ3v) is 5.83. The molecule has 1 unspecified atom stereocenters. The fraction of sp³-hybridized carbons (Fsp3) is 0.333. The van der Waals surface area contributed by atoms with Gasteiger partial charge in [0.2, 0.25) is 0 Å². The summed E-state index contributed by atoms with van der Waals surface area (Å²) in [6.45, 7) is 11.2. The lowest BCUT2D eigenvalue weighted by Crippen LogP contribution is -2.12. The summed E-state index contributed by atoms with van der Waals surface area (Å²) in [5.74, 6) is 0.630. The van der Waals surface area contributed by atoms with Gasteiger partial charge in [-0.1, -0.05) is 55.8 Å². The monoisotopic (exact) mass is 494 g/mol. The Balaban J connectivity index is 0.000000235. The molecule has 1 saturated heterocycles. The van der Waals surface area contributed by atoms with Gasteiger partial charge in [-0.2, -0.15) is 5.26 Å². The summed E-state index contributed by atoms with van der Waals surface area (Å²) >= 11 is 5.71. The maximum Gasteiger partial charge on any atom is 0.150 e. The summed E-state index contributed by atoms with van der Waals surface area (Å²) in [7, 11) is 2.18. The number of rotatable bonds is 2. The number of aldehydes is 1. The molecule has 3 aromatic rings. The number of carbonyl (C=O) groups excluding carboxylic acids is 1. The number of carbonyl (C=O) groups is 1. The highest BCUT2D eigenvalue weighted by Gasteiger charge is 2.13. The highest BCUT2D eigenvalue weighted by atomic mass is 35.5. The van der Waals surface area contributed by atoms with Gasteiger partial charge in [-0.3, -0.25) is 4.79 Å². The fourth-order valence-corrected chi connectivity index (χ4v) is 3.69. The molecule has 0 bridgehead atoms. The molecule has 1 aliphatic heterocycles. The number of nitriles is 1. The molecule has 1 atom stereocenters. The van der Waals surface area contributed by atoms with E-state index in [2.05, 4.69) is 57.0 Å². The van der Waals surface area contributed by atoms with Gasteiger partial charge in [0.25, 0.3) is 0 Å². The number of benzene rings is 3. The molecule has 0 radical (unpaired) electrons. The number of hydrogen-bond acceptors (Lipinski definition) is 3. The van der Waals surface area contributed by atoms with E-state index in [1.807, 2.05) is 19.1 Å². The molecule has 5 heteroatoms. The van der Waals surface area contributed by atoms with Crippen molar-refractivity contribution in [1.29, 1.82) is 5.26 Å². The molecular weight excluding hydrogens is 459 g/mol. The van der Waals surface area contributed by atoms with Crippen LogP contribution >= 0.6 is 11.6 Å². The van der Waals surface area contributed by atoms with E-state index < -0.39 is 0 Å². The molecular formula is C30H36ClFN2O. The van der Waals surface area contributed by atoms with Gasteiger partial charge in [0, 0.05) is 12.1 Å². The van der Waals surface area contributed by atoms with Crippen LogP contribution in [0.4, 0.5) is 4.39 Å². The Labute approximate surface area is 215 Å². The smallest absolute Gasteiger partial charge is 0.150 e. The molecule has 35 heavy (non-hydrogen) atoms. The molecule has 0 N–H and O–H groups in total. The van der Waals surface area contributed by atoms with Gasteiger partial charge >= 0.3 is 0 Å². The largest absolute Gasteiger partial charge is 0.306 e. The average Bonchev–Trinajstić information content (AvgIpc) is 3.23. The van der Waals surface area contributed by atoms with E-state index in [9.17, 15) is 9.18 Å². The van der Waals surface area contributed by atoms with Crippen molar-refractivity contribution < 1.29 is 9.18 Å². The van der Waals surface area contributed by atoms with Gasteiger partial charge in [-0.25, -0.2) is 4.39 Å². The molecule has 0 aromatic heterocycles. The van der Waals surface area contributed by atoms with E-state index in [1.54, 1.807) is 12.1 Å². The molecule has 3 nitrogen and oxygen atoms in total. The SMILES string of the molecule is CC1CCN(C)C1.CCc1ccccc1C.Cc1ccc(C#N)c(Cl)c1.O=Cc1ccc(F)cc1. The molecule has 1 aliphatic rings. The van der Waals surface area contributed by atoms with Crippen molar-refractivity contribution in [2.75, 3.05) is 20.1 Å². The highest BCUT2D eigenvalue weighted by Crippen LogP contribution is 2.15. The fourth-order valence-electron chi connectivity index (χ4n) is 3.41. The van der Waals surface area contributed by atoms with Gasteiger partial charge in [0.1, 0.15) is 18.2 Å². The molecule has 186 valence electrons. The number of nitrogens with zero attached hydrogens (tertiary/aromatic N) is 2. The van der Waals surface area contributed by atoms with Gasteiger partial charge in [-0.05, 0) is 99.3 Å². The first-order chi connectivity index (χ1) is 16.7. The lowest BCUT2D eigenvalue weighted by Gasteiger charge is -2.03. The first-order valence-electron chi connectivity index (χ1n) is 11.8. The average molecular weight is 495 g/mol. The second-order valence-electron chi connectivity index (χ2n) is 8.70. The van der Waals surface area contributed by atoms with Gasteiger partial charge < -0.3 is 4.90 Å². The molecule has 1 fully saturated rings. The zero-order chi connectivity index (χ0) is 26.2. The van der Waals surface area contributed by atoms with Crippen LogP contribution in [0.1, 0.15) is 52.9 Å². The van der Waals surface area contributed by atoms with Crippen LogP contribution in [0.5, 0.6) is 0 Å². The predicted octanol–water partition coefficient (Wildman–Crippen LogP) is 7.67. The summed E-state index contributed by atoms with van der Waals surface area (Å²) < 4.78 is 12.1. The summed E-state index contributed by atoms with van der Waals surface area (Å²) in [5.41, 5.74) is 4.96. The van der Waals surface area contributed by atoms with Crippen LogP contribution in [0.2, 0.25) is 5.02 Å². The normalized spacial score (nSPS) is 14.2. The molecule has 1 heterocycles. The van der Waals surface area contributed by atoms with E-state index >= 15 is 0 Å². The highest BCUT2D eigenvalue weighted by molar-refractivity contribution is 6.31. The van der Waals surface area contributed by atoms with Gasteiger partial charge in [0.05, 0.1) is 10.6 Å². The van der Waals surface area contributed by atoms with E-state index in [0.29, 0.717) is 22.4 Å². The zero-order valence-electron chi connectivity index (χ0n) is 21.4. The summed E-state index contributed by atoms with van der Waals surface area (Å²) in [5, 5.41) is 9.00. The number of halogens is 2. The lowest BCUT2D eigenvalue weighted by atomic mass is 10.1. The summed E-state index contributed by atoms with van der Waals surface area (Å²) in [6, 6.07) is 21.2. The maximum absolute atomic E-state index is 12.1. The third-order valence-electron chi connectivity index (χ3n) is 5.52. The van der Waals surface area contributed by atoms with Crippen molar-refractivity contribution in [2.45, 2.75) is 40.5 Å². The Bertz CT molecular complexity index is 1070. The van der Waals surface area contributed by atoms with Crippen LogP contribution in [-0.4, -0.2) is 31.3 Å². The van der Waals surface area contributed by atoms with E-state index in [0.717, 1.165) is 17.9 Å². The third kappa shape index (κ3) is 12.3. The quantitative estimate of drug-likeness (QED) is 0.343. The lowest BCUT2D eigenvalue weighted by molar-refractivity contribution is 0.112. The molecule has 0 spiro atoms. The molecule has 0 aliphatic carbocycles. The van der Waals surface area contributed by atoms with Crippen LogP contribution < -0.4 is 0 Å². The molecule has 0 saturated carbocycles. The second kappa shape index (κ2) is 16.6. The first-order valence-corrected chi connectivity index (χ1v) is 12.2. The zero-order valence-corrected chi connectivity index (χ0v) is 22.1. The van der Waals surface area contributed by atoms with Crippen molar-refractivity contribution in [3.8, 4) is 6.07 Å². The standard InChI is InChI=1S/C9H12.C8H6ClN.C7H5FO.C6H13N/c1-3-9-7-5-4-6-8(9)2;1-6-2-3-7(5-10)8(9)4-6;8-7-3-1-6(5-9)2-4-7;1-6-3-4-7(2)5-6/h4-7H,3H2,1-2H3;2-4H,1H3;1-5H;6H,3-5H2,1-2H3. The Kier molecular flexibility index (Phi) is 14.2. The van der Waals surface area contributed by atoms with E-state index in [4.69, 9.17) is 16.9 Å². The molecule has 0 amide bonds. The minimum atomic E-state index is -0.319. The van der Waals surface area contributed by atoms with Crippen molar-refractivity contribution in [1.82, 2.24) is 4.90 Å². The van der Waals surface area contributed by atoms with Crippen LogP contribution in [0.15, 0.2) is 66.7 Å². The first kappa shape index (κ1) is 30.0. The number of hydrogen-bond donors (Lipinski definition) is 0. The Morgan fingerprint density at radius 1 is 1.11 bits per heavy atom.